The molecule has 0 atom stereocenters. The standard InChI is InChI=1S/C6H14N4O4S/c1-15(13,14)9-4-2-3-8-5(11)6(12)10-7/h9H,2-4,7H2,1H3,(H,8,11)(H,10,12). The van der Waals surface area contributed by atoms with Crippen LogP contribution in [0.3, 0.4) is 0 Å². The summed E-state index contributed by atoms with van der Waals surface area (Å²) in [6.45, 7) is 0.387. The molecule has 0 unspecified atom stereocenters. The van der Waals surface area contributed by atoms with Gasteiger partial charge in [0.05, 0.1) is 6.26 Å². The van der Waals surface area contributed by atoms with Crippen LogP contribution in [-0.4, -0.2) is 39.6 Å². The average Bonchev–Trinajstić information content (AvgIpc) is 2.14. The third-order valence-corrected chi connectivity index (χ3v) is 2.07. The summed E-state index contributed by atoms with van der Waals surface area (Å²) in [5.41, 5.74) is 1.67. The van der Waals surface area contributed by atoms with Gasteiger partial charge in [-0.3, -0.25) is 15.0 Å². The minimum atomic E-state index is -3.21. The van der Waals surface area contributed by atoms with Gasteiger partial charge < -0.3 is 5.32 Å². The second kappa shape index (κ2) is 6.32. The second-order valence-electron chi connectivity index (χ2n) is 2.75. The minimum Gasteiger partial charge on any atom is -0.348 e. The average molecular weight is 238 g/mol. The first-order valence-electron chi connectivity index (χ1n) is 4.10. The van der Waals surface area contributed by atoms with Crippen LogP contribution in [0.25, 0.3) is 0 Å². The quantitative estimate of drug-likeness (QED) is 0.134. The minimum absolute atomic E-state index is 0.189. The van der Waals surface area contributed by atoms with Gasteiger partial charge >= 0.3 is 11.8 Å². The zero-order valence-corrected chi connectivity index (χ0v) is 9.06. The Kier molecular flexibility index (Phi) is 5.82. The number of amides is 2. The fourth-order valence-corrected chi connectivity index (χ4v) is 1.21. The van der Waals surface area contributed by atoms with Gasteiger partial charge in [-0.1, -0.05) is 0 Å². The van der Waals surface area contributed by atoms with E-state index in [0.29, 0.717) is 6.42 Å². The lowest BCUT2D eigenvalue weighted by Crippen LogP contribution is -2.43. The van der Waals surface area contributed by atoms with E-state index in [9.17, 15) is 18.0 Å². The lowest BCUT2D eigenvalue weighted by Gasteiger charge is -2.04. The van der Waals surface area contributed by atoms with Crippen molar-refractivity contribution in [3.05, 3.63) is 0 Å². The zero-order valence-electron chi connectivity index (χ0n) is 8.24. The molecule has 2 amide bonds. The van der Waals surface area contributed by atoms with E-state index in [0.717, 1.165) is 6.26 Å². The van der Waals surface area contributed by atoms with Gasteiger partial charge in [0.15, 0.2) is 0 Å². The van der Waals surface area contributed by atoms with E-state index in [2.05, 4.69) is 10.0 Å². The van der Waals surface area contributed by atoms with E-state index in [4.69, 9.17) is 5.84 Å². The number of carbonyl (C=O) groups excluding carboxylic acids is 2. The van der Waals surface area contributed by atoms with Crippen molar-refractivity contribution in [1.82, 2.24) is 15.5 Å². The molecule has 0 saturated carbocycles. The molecule has 0 aromatic carbocycles. The molecule has 0 bridgehead atoms. The third-order valence-electron chi connectivity index (χ3n) is 1.34. The van der Waals surface area contributed by atoms with E-state index in [-0.39, 0.29) is 13.1 Å². The summed E-state index contributed by atoms with van der Waals surface area (Å²) in [7, 11) is -3.21. The monoisotopic (exact) mass is 238 g/mol. The van der Waals surface area contributed by atoms with Crippen LogP contribution >= 0.6 is 0 Å². The third kappa shape index (κ3) is 7.85. The number of nitrogens with one attached hydrogen (secondary N) is 3. The highest BCUT2D eigenvalue weighted by molar-refractivity contribution is 7.88. The lowest BCUT2D eigenvalue weighted by molar-refractivity contribution is -0.139. The first-order valence-corrected chi connectivity index (χ1v) is 5.99. The van der Waals surface area contributed by atoms with Crippen molar-refractivity contribution >= 4 is 21.8 Å². The Hall–Kier alpha value is -1.19. The molecule has 5 N–H and O–H groups in total. The Morgan fingerprint density at radius 1 is 1.20 bits per heavy atom. The number of sulfonamides is 1. The normalized spacial score (nSPS) is 10.8. The SMILES string of the molecule is CS(=O)(=O)NCCCNC(=O)C(=O)NN. The van der Waals surface area contributed by atoms with Gasteiger partial charge in [-0.15, -0.1) is 0 Å². The number of carbonyl (C=O) groups is 2. The summed E-state index contributed by atoms with van der Waals surface area (Å²) in [5.74, 6) is 2.92. The van der Waals surface area contributed by atoms with E-state index in [1.807, 2.05) is 0 Å². The highest BCUT2D eigenvalue weighted by Gasteiger charge is 2.09. The molecule has 0 saturated heterocycles. The maximum Gasteiger partial charge on any atom is 0.323 e. The molecule has 0 radical (unpaired) electrons. The zero-order chi connectivity index (χ0) is 11.9. The van der Waals surface area contributed by atoms with Crippen LogP contribution in [0.15, 0.2) is 0 Å². The number of rotatable bonds is 5. The fraction of sp³-hybridized carbons (Fsp3) is 0.667. The maximum atomic E-state index is 10.8. The summed E-state index contributed by atoms with van der Waals surface area (Å²) in [6, 6.07) is 0. The van der Waals surface area contributed by atoms with Gasteiger partial charge in [0.2, 0.25) is 10.0 Å². The largest absolute Gasteiger partial charge is 0.348 e. The molecule has 0 aromatic rings. The summed E-state index contributed by atoms with van der Waals surface area (Å²) < 4.78 is 23.4. The van der Waals surface area contributed by atoms with Crippen LogP contribution in [0.4, 0.5) is 0 Å². The van der Waals surface area contributed by atoms with Gasteiger partial charge in [0.25, 0.3) is 0 Å². The van der Waals surface area contributed by atoms with Crippen molar-refractivity contribution in [3.8, 4) is 0 Å². The first-order chi connectivity index (χ1) is 6.87. The van der Waals surface area contributed by atoms with Crippen LogP contribution in [0, 0.1) is 0 Å². The van der Waals surface area contributed by atoms with Gasteiger partial charge in [0.1, 0.15) is 0 Å². The van der Waals surface area contributed by atoms with Gasteiger partial charge in [-0.05, 0) is 6.42 Å². The van der Waals surface area contributed by atoms with Crippen molar-refractivity contribution in [3.63, 3.8) is 0 Å². The molecule has 88 valence electrons. The van der Waals surface area contributed by atoms with Crippen molar-refractivity contribution in [2.45, 2.75) is 6.42 Å². The van der Waals surface area contributed by atoms with Crippen molar-refractivity contribution in [2.24, 2.45) is 5.84 Å². The lowest BCUT2D eigenvalue weighted by atomic mass is 10.4. The Bertz CT molecular complexity index is 326. The van der Waals surface area contributed by atoms with Gasteiger partial charge in [-0.25, -0.2) is 19.0 Å². The smallest absolute Gasteiger partial charge is 0.323 e. The molecule has 0 aliphatic rings. The summed E-state index contributed by atoms with van der Waals surface area (Å²) in [4.78, 5) is 21.4. The molecular formula is C6H14N4O4S. The van der Waals surface area contributed by atoms with E-state index in [1.165, 1.54) is 0 Å². The molecule has 8 nitrogen and oxygen atoms in total. The second-order valence-corrected chi connectivity index (χ2v) is 4.58. The Labute approximate surface area is 87.6 Å². The van der Waals surface area contributed by atoms with Gasteiger partial charge in [-0.2, -0.15) is 0 Å². The fourth-order valence-electron chi connectivity index (χ4n) is 0.694. The van der Waals surface area contributed by atoms with Crippen LogP contribution in [0.2, 0.25) is 0 Å². The Balaban J connectivity index is 3.56. The van der Waals surface area contributed by atoms with E-state index >= 15 is 0 Å². The molecule has 9 heteroatoms. The molecular weight excluding hydrogens is 224 g/mol. The molecule has 0 rings (SSSR count). The highest BCUT2D eigenvalue weighted by Crippen LogP contribution is 1.78. The topological polar surface area (TPSA) is 130 Å². The Morgan fingerprint density at radius 2 is 1.80 bits per heavy atom. The molecule has 0 aromatic heterocycles. The highest BCUT2D eigenvalue weighted by atomic mass is 32.2. The molecule has 0 fully saturated rings. The maximum absolute atomic E-state index is 10.8. The molecule has 15 heavy (non-hydrogen) atoms. The molecule has 0 spiro atoms. The number of hydrogen-bond acceptors (Lipinski definition) is 5. The molecule has 0 aliphatic carbocycles. The van der Waals surface area contributed by atoms with E-state index in [1.54, 1.807) is 5.43 Å². The van der Waals surface area contributed by atoms with Gasteiger partial charge in [0, 0.05) is 13.1 Å². The van der Waals surface area contributed by atoms with Crippen LogP contribution < -0.4 is 21.3 Å². The van der Waals surface area contributed by atoms with Crippen LogP contribution in [0.5, 0.6) is 0 Å². The predicted octanol–water partition coefficient (Wildman–Crippen LogP) is -2.97. The summed E-state index contributed by atoms with van der Waals surface area (Å²) >= 11 is 0. The molecule has 0 heterocycles. The molecule has 0 aliphatic heterocycles. The predicted molar refractivity (Wildman–Crippen MR) is 52.8 cm³/mol. The first kappa shape index (κ1) is 13.8. The summed E-state index contributed by atoms with van der Waals surface area (Å²) in [6.07, 6.45) is 1.42. The summed E-state index contributed by atoms with van der Waals surface area (Å²) in [5, 5.41) is 2.25. The number of hydrazine groups is 1. The van der Waals surface area contributed by atoms with Crippen molar-refractivity contribution in [1.29, 1.82) is 0 Å². The van der Waals surface area contributed by atoms with Crippen molar-refractivity contribution in [2.75, 3.05) is 19.3 Å². The van der Waals surface area contributed by atoms with E-state index < -0.39 is 21.8 Å². The van der Waals surface area contributed by atoms with Crippen molar-refractivity contribution < 1.29 is 18.0 Å². The Morgan fingerprint density at radius 3 is 2.27 bits per heavy atom. The number of nitrogens with two attached hydrogens (primary N) is 1. The number of hydrogen-bond donors (Lipinski definition) is 4. The van der Waals surface area contributed by atoms with Crippen LogP contribution in [-0.2, 0) is 19.6 Å². The van der Waals surface area contributed by atoms with Crippen LogP contribution in [0.1, 0.15) is 6.42 Å².